The van der Waals surface area contributed by atoms with Crippen LogP contribution in [0.1, 0.15) is 124 Å². The molecule has 0 heterocycles. The Morgan fingerprint density at radius 3 is 1.93 bits per heavy atom. The number of hydrogen-bond donors (Lipinski definition) is 5. The van der Waals surface area contributed by atoms with Gasteiger partial charge in [0, 0.05) is 12.8 Å². The molecule has 0 aromatic carbocycles. The van der Waals surface area contributed by atoms with Crippen LogP contribution >= 0.6 is 15.6 Å². The molecule has 0 bridgehead atoms. The third kappa shape index (κ3) is 38.8. The van der Waals surface area contributed by atoms with E-state index in [1.165, 1.54) is 19.3 Å². The summed E-state index contributed by atoms with van der Waals surface area (Å²) in [5.41, 5.74) is 0. The molecule has 5 atom stereocenters. The number of carbonyl (C=O) groups is 2. The van der Waals surface area contributed by atoms with Crippen molar-refractivity contribution in [2.75, 3.05) is 26.4 Å². The molecule has 328 valence electrons. The highest BCUT2D eigenvalue weighted by Crippen LogP contribution is 2.43. The van der Waals surface area contributed by atoms with E-state index in [0.717, 1.165) is 50.9 Å². The number of aliphatic hydroxyl groups is 2. The number of phosphoric ester groups is 2. The summed E-state index contributed by atoms with van der Waals surface area (Å²) in [7, 11) is -9.71. The lowest BCUT2D eigenvalue weighted by Crippen LogP contribution is -2.29. The average molecular weight is 849 g/mol. The van der Waals surface area contributed by atoms with Crippen molar-refractivity contribution in [1.82, 2.24) is 0 Å². The summed E-state index contributed by atoms with van der Waals surface area (Å²) >= 11 is 0. The summed E-state index contributed by atoms with van der Waals surface area (Å²) in [5, 5.41) is 19.7. The standard InChI is InChI=1S/C41H70O14P2/c1-4-6-7-8-18-23-28-37(42)29-24-19-13-11-9-10-12-14-20-25-30-40(44)51-34-39(35-54-57(49,50)53-33-38(43)32-52-56(46,47)48)55-41(45)31-26-21-16-15-17-22-27-36(3)5-2/h6-7,9-10,13-14,18-20,23-24,29,36-39,42-43H,4-5,8,11-12,15-17,21-22,25-28,30-35H2,1-3H3,(H,49,50)(H2,46,47,48)/b7-6-,10-9-,19-13-,20-14-,23-18-,29-24+/t36?,37?,38-,39+/m0/s1. The number of ether oxygens (including phenoxy) is 2. The quantitative estimate of drug-likeness (QED) is 0.0131. The van der Waals surface area contributed by atoms with Gasteiger partial charge in [-0.15, -0.1) is 0 Å². The number of hydrogen-bond acceptors (Lipinski definition) is 11. The third-order valence-electron chi connectivity index (χ3n) is 8.23. The van der Waals surface area contributed by atoms with Crippen molar-refractivity contribution in [3.8, 4) is 0 Å². The Balaban J connectivity index is 4.72. The fraction of sp³-hybridized carbons (Fsp3) is 0.659. The summed E-state index contributed by atoms with van der Waals surface area (Å²) < 4.78 is 47.5. The molecular weight excluding hydrogens is 778 g/mol. The maximum atomic E-state index is 12.6. The van der Waals surface area contributed by atoms with Crippen molar-refractivity contribution in [3.05, 3.63) is 72.9 Å². The van der Waals surface area contributed by atoms with E-state index in [-0.39, 0.29) is 12.8 Å². The van der Waals surface area contributed by atoms with Crippen LogP contribution in [0.2, 0.25) is 0 Å². The van der Waals surface area contributed by atoms with Crippen molar-refractivity contribution >= 4 is 27.6 Å². The molecule has 0 radical (unpaired) electrons. The second-order valence-corrected chi connectivity index (χ2v) is 16.3. The van der Waals surface area contributed by atoms with Crippen LogP contribution in [-0.2, 0) is 41.8 Å². The largest absolute Gasteiger partial charge is 0.472 e. The number of carbonyl (C=O) groups excluding carboxylic acids is 2. The highest BCUT2D eigenvalue weighted by atomic mass is 31.2. The molecule has 57 heavy (non-hydrogen) atoms. The summed E-state index contributed by atoms with van der Waals surface area (Å²) in [4.78, 5) is 52.5. The Kier molecular flexibility index (Phi) is 33.9. The average Bonchev–Trinajstić information content (AvgIpc) is 3.16. The number of allylic oxidation sites excluding steroid dienone is 10. The predicted octanol–water partition coefficient (Wildman–Crippen LogP) is 8.66. The van der Waals surface area contributed by atoms with Crippen molar-refractivity contribution < 1.29 is 66.7 Å². The van der Waals surface area contributed by atoms with E-state index >= 15 is 0 Å². The van der Waals surface area contributed by atoms with Gasteiger partial charge in [-0.2, -0.15) is 0 Å². The maximum Gasteiger partial charge on any atom is 0.472 e. The minimum absolute atomic E-state index is 0.0435. The van der Waals surface area contributed by atoms with Crippen molar-refractivity contribution in [3.63, 3.8) is 0 Å². The van der Waals surface area contributed by atoms with E-state index in [1.807, 2.05) is 54.7 Å². The Bertz CT molecular complexity index is 1320. The molecule has 0 saturated carbocycles. The van der Waals surface area contributed by atoms with Crippen molar-refractivity contribution in [1.29, 1.82) is 0 Å². The first-order valence-corrected chi connectivity index (χ1v) is 23.2. The van der Waals surface area contributed by atoms with Gasteiger partial charge < -0.3 is 34.4 Å². The molecule has 3 unspecified atom stereocenters. The molecule has 0 spiro atoms. The number of phosphoric acid groups is 2. The van der Waals surface area contributed by atoms with Crippen LogP contribution in [0.3, 0.4) is 0 Å². The van der Waals surface area contributed by atoms with E-state index in [0.29, 0.717) is 25.7 Å². The molecule has 5 N–H and O–H groups in total. The molecule has 0 aliphatic carbocycles. The minimum atomic E-state index is -4.87. The summed E-state index contributed by atoms with van der Waals surface area (Å²) in [5.74, 6) is -0.443. The third-order valence-corrected chi connectivity index (χ3v) is 9.67. The van der Waals surface area contributed by atoms with E-state index < -0.39 is 72.3 Å². The smallest absolute Gasteiger partial charge is 0.462 e. The van der Waals surface area contributed by atoms with Gasteiger partial charge in [-0.05, 0) is 50.9 Å². The molecule has 0 fully saturated rings. The Morgan fingerprint density at radius 1 is 0.649 bits per heavy atom. The van der Waals surface area contributed by atoms with Crippen LogP contribution in [0, 0.1) is 5.92 Å². The molecule has 0 aliphatic rings. The molecule has 0 aromatic heterocycles. The van der Waals surface area contributed by atoms with Gasteiger partial charge in [0.1, 0.15) is 12.7 Å². The van der Waals surface area contributed by atoms with Gasteiger partial charge in [-0.25, -0.2) is 9.13 Å². The lowest BCUT2D eigenvalue weighted by molar-refractivity contribution is -0.161. The zero-order chi connectivity index (χ0) is 42.6. The van der Waals surface area contributed by atoms with Gasteiger partial charge in [0.2, 0.25) is 0 Å². The first-order chi connectivity index (χ1) is 27.2. The zero-order valence-corrected chi connectivity index (χ0v) is 36.0. The molecule has 0 amide bonds. The van der Waals surface area contributed by atoms with Crippen LogP contribution < -0.4 is 0 Å². The van der Waals surface area contributed by atoms with Gasteiger partial charge in [0.05, 0.1) is 25.9 Å². The molecule has 0 rings (SSSR count). The van der Waals surface area contributed by atoms with Crippen LogP contribution in [0.25, 0.3) is 0 Å². The normalized spacial score (nSPS) is 16.0. The number of aliphatic hydroxyl groups excluding tert-OH is 2. The van der Waals surface area contributed by atoms with E-state index in [2.05, 4.69) is 42.0 Å². The predicted molar refractivity (Wildman–Crippen MR) is 222 cm³/mol. The van der Waals surface area contributed by atoms with Crippen LogP contribution in [0.5, 0.6) is 0 Å². The molecular formula is C41H70O14P2. The first kappa shape index (κ1) is 54.5. The topological polar surface area (TPSA) is 216 Å². The number of rotatable bonds is 36. The lowest BCUT2D eigenvalue weighted by Gasteiger charge is -2.20. The Hall–Kier alpha value is -2.48. The first-order valence-electron chi connectivity index (χ1n) is 20.1. The van der Waals surface area contributed by atoms with E-state index in [1.54, 1.807) is 6.08 Å². The van der Waals surface area contributed by atoms with Gasteiger partial charge in [0.25, 0.3) is 0 Å². The van der Waals surface area contributed by atoms with Crippen LogP contribution in [0.4, 0.5) is 0 Å². The molecule has 0 saturated heterocycles. The summed E-state index contributed by atoms with van der Waals surface area (Å²) in [6, 6.07) is 0. The molecule has 0 aromatic rings. The zero-order valence-electron chi connectivity index (χ0n) is 34.2. The highest BCUT2D eigenvalue weighted by molar-refractivity contribution is 7.47. The van der Waals surface area contributed by atoms with E-state index in [4.69, 9.17) is 23.8 Å². The van der Waals surface area contributed by atoms with Gasteiger partial charge in [0.15, 0.2) is 6.10 Å². The van der Waals surface area contributed by atoms with Crippen LogP contribution in [0.15, 0.2) is 72.9 Å². The van der Waals surface area contributed by atoms with Gasteiger partial charge >= 0.3 is 27.6 Å². The summed E-state index contributed by atoms with van der Waals surface area (Å²) in [6.07, 6.45) is 32.6. The second-order valence-electron chi connectivity index (χ2n) is 13.6. The lowest BCUT2D eigenvalue weighted by atomic mass is 10.00. The minimum Gasteiger partial charge on any atom is -0.462 e. The fourth-order valence-electron chi connectivity index (χ4n) is 4.78. The van der Waals surface area contributed by atoms with Crippen molar-refractivity contribution in [2.24, 2.45) is 5.92 Å². The SMILES string of the molecule is CC/C=C\C/C=C\CC(O)/C=C/C=C\C/C=C\C/C=C\CCC(=O)OC[C@H](COP(=O)(O)OC[C@@H](O)COP(=O)(O)O)OC(=O)CCCCCCCCC(C)CC. The number of esters is 2. The Labute approximate surface area is 340 Å². The second kappa shape index (κ2) is 35.5. The maximum absolute atomic E-state index is 12.6. The molecule has 14 nitrogen and oxygen atoms in total. The number of unbranched alkanes of at least 4 members (excludes halogenated alkanes) is 5. The highest BCUT2D eigenvalue weighted by Gasteiger charge is 2.28. The van der Waals surface area contributed by atoms with Crippen LogP contribution in [-0.4, -0.2) is 81.6 Å². The van der Waals surface area contributed by atoms with E-state index in [9.17, 15) is 33.8 Å². The van der Waals surface area contributed by atoms with Crippen molar-refractivity contribution in [2.45, 2.75) is 142 Å². The fourth-order valence-corrected chi connectivity index (χ4v) is 5.94. The van der Waals surface area contributed by atoms with Gasteiger partial charge in [-0.1, -0.05) is 139 Å². The summed E-state index contributed by atoms with van der Waals surface area (Å²) in [6.45, 7) is 3.68. The molecule has 16 heteroatoms. The Morgan fingerprint density at radius 2 is 1.25 bits per heavy atom. The van der Waals surface area contributed by atoms with Gasteiger partial charge in [-0.3, -0.25) is 23.2 Å². The molecule has 0 aliphatic heterocycles. The monoisotopic (exact) mass is 848 g/mol.